The van der Waals surface area contributed by atoms with Crippen molar-refractivity contribution >= 4 is 40.9 Å². The summed E-state index contributed by atoms with van der Waals surface area (Å²) in [6.45, 7) is 1.80. The molecule has 0 radical (unpaired) electrons. The molecule has 44 heavy (non-hydrogen) atoms. The Kier molecular flexibility index (Phi) is 10.1. The van der Waals surface area contributed by atoms with E-state index in [1.165, 1.54) is 14.0 Å². The van der Waals surface area contributed by atoms with Gasteiger partial charge in [-0.1, -0.05) is 29.3 Å². The van der Waals surface area contributed by atoms with Crippen LogP contribution in [0.5, 0.6) is 0 Å². The van der Waals surface area contributed by atoms with Gasteiger partial charge in [-0.3, -0.25) is 14.4 Å². The third-order valence-corrected chi connectivity index (χ3v) is 9.14. The number of piperidine rings is 1. The zero-order valence-electron chi connectivity index (χ0n) is 23.9. The average Bonchev–Trinajstić information content (AvgIpc) is 2.96. The molecule has 1 saturated carbocycles. The number of likely N-dealkylation sites (N-methyl/N-ethyl adjacent to an activating group) is 1. The average molecular weight is 666 g/mol. The van der Waals surface area contributed by atoms with Crippen molar-refractivity contribution in [2.75, 3.05) is 20.1 Å². The third kappa shape index (κ3) is 7.80. The summed E-state index contributed by atoms with van der Waals surface area (Å²) in [7, 11) is 1.33. The number of hydrogen-bond donors (Lipinski definition) is 1. The number of carbonyl (C=O) groups is 3. The number of likely N-dealkylation sites (tertiary alicyclic amines) is 1. The Bertz CT molecular complexity index is 1380. The van der Waals surface area contributed by atoms with Crippen LogP contribution in [0.3, 0.4) is 0 Å². The van der Waals surface area contributed by atoms with Gasteiger partial charge >= 0.3 is 12.4 Å². The van der Waals surface area contributed by atoms with E-state index in [9.17, 15) is 40.7 Å². The summed E-state index contributed by atoms with van der Waals surface area (Å²) in [6.07, 6.45) is -7.54. The molecule has 2 aromatic carbocycles. The van der Waals surface area contributed by atoms with E-state index in [0.29, 0.717) is 43.4 Å². The maximum Gasteiger partial charge on any atom is 0.416 e. The fourth-order valence-corrected chi connectivity index (χ4v) is 6.44. The van der Waals surface area contributed by atoms with Gasteiger partial charge in [-0.05, 0) is 68.0 Å². The first-order valence-corrected chi connectivity index (χ1v) is 14.8. The van der Waals surface area contributed by atoms with Crippen LogP contribution in [0.1, 0.15) is 72.0 Å². The lowest BCUT2D eigenvalue weighted by Gasteiger charge is -2.44. The summed E-state index contributed by atoms with van der Waals surface area (Å²) in [5, 5.41) is 3.35. The first-order valence-electron chi connectivity index (χ1n) is 14.0. The topological polar surface area (TPSA) is 69.7 Å². The van der Waals surface area contributed by atoms with Crippen molar-refractivity contribution < 1.29 is 40.7 Å². The SMILES string of the molecule is CC(=O)N[C@H]1CC[C@H](C(=O)N2CC[C@@H](N(C)C(=O)c3cc(C(F)(F)F)cc(C(F)(F)F)c3)[C@H](c3ccc(Cl)c(Cl)c3)C2)CC1. The van der Waals surface area contributed by atoms with Crippen molar-refractivity contribution in [1.82, 2.24) is 15.1 Å². The van der Waals surface area contributed by atoms with Gasteiger partial charge in [-0.15, -0.1) is 0 Å². The predicted molar refractivity (Wildman–Crippen MR) is 152 cm³/mol. The summed E-state index contributed by atoms with van der Waals surface area (Å²) in [6, 6.07) is 4.91. The predicted octanol–water partition coefficient (Wildman–Crippen LogP) is 7.18. The second-order valence-corrected chi connectivity index (χ2v) is 12.2. The van der Waals surface area contributed by atoms with E-state index in [1.54, 1.807) is 23.1 Å². The Morgan fingerprint density at radius 1 is 0.864 bits per heavy atom. The molecule has 1 aliphatic heterocycles. The summed E-state index contributed by atoms with van der Waals surface area (Å²) in [4.78, 5) is 41.3. The van der Waals surface area contributed by atoms with Gasteiger partial charge in [0.05, 0.1) is 21.2 Å². The van der Waals surface area contributed by atoms with Gasteiger partial charge in [0.2, 0.25) is 11.8 Å². The van der Waals surface area contributed by atoms with Gasteiger partial charge in [0, 0.05) is 56.5 Å². The van der Waals surface area contributed by atoms with Crippen LogP contribution in [0.15, 0.2) is 36.4 Å². The Balaban J connectivity index is 1.61. The number of nitrogens with zero attached hydrogens (tertiary/aromatic N) is 2. The number of benzene rings is 2. The first kappa shape index (κ1) is 33.9. The van der Waals surface area contributed by atoms with Gasteiger partial charge in [0.15, 0.2) is 0 Å². The smallest absolute Gasteiger partial charge is 0.354 e. The largest absolute Gasteiger partial charge is 0.416 e. The van der Waals surface area contributed by atoms with Gasteiger partial charge in [-0.25, -0.2) is 0 Å². The van der Waals surface area contributed by atoms with Crippen molar-refractivity contribution in [1.29, 1.82) is 0 Å². The molecule has 1 N–H and O–H groups in total. The third-order valence-electron chi connectivity index (χ3n) is 8.40. The van der Waals surface area contributed by atoms with Crippen molar-refractivity contribution in [3.8, 4) is 0 Å². The lowest BCUT2D eigenvalue weighted by molar-refractivity contribution is -0.143. The molecular weight excluding hydrogens is 635 g/mol. The van der Waals surface area contributed by atoms with Crippen LogP contribution in [0.25, 0.3) is 0 Å². The van der Waals surface area contributed by atoms with E-state index in [2.05, 4.69) is 5.32 Å². The standard InChI is InChI=1S/C30H31Cl2F6N3O3/c1-16(42)39-22-6-3-17(4-7-22)28(44)41-10-9-26(23(15-41)18-5-8-24(31)25(32)13-18)40(2)27(43)19-11-20(29(33,34)35)14-21(12-19)30(36,37)38/h5,8,11-14,17,22-23,26H,3-4,6-7,9-10,15H2,1-2H3,(H,39,42)/t17-,22-,23-,26+/m0/s1. The second-order valence-electron chi connectivity index (χ2n) is 11.4. The molecule has 4 rings (SSSR count). The van der Waals surface area contributed by atoms with E-state index in [0.717, 1.165) is 4.90 Å². The monoisotopic (exact) mass is 665 g/mol. The van der Waals surface area contributed by atoms with E-state index in [4.69, 9.17) is 23.2 Å². The Morgan fingerprint density at radius 3 is 1.98 bits per heavy atom. The molecule has 240 valence electrons. The van der Waals surface area contributed by atoms with Crippen LogP contribution >= 0.6 is 23.2 Å². The van der Waals surface area contributed by atoms with Crippen molar-refractivity contribution in [3.63, 3.8) is 0 Å². The van der Waals surface area contributed by atoms with E-state index in [1.807, 2.05) is 0 Å². The van der Waals surface area contributed by atoms with Gasteiger partial charge < -0.3 is 15.1 Å². The van der Waals surface area contributed by atoms with E-state index < -0.39 is 46.9 Å². The summed E-state index contributed by atoms with van der Waals surface area (Å²) in [5.41, 5.74) is -3.31. The molecular formula is C30H31Cl2F6N3O3. The van der Waals surface area contributed by atoms with E-state index in [-0.39, 0.29) is 59.4 Å². The molecule has 0 bridgehead atoms. The first-order chi connectivity index (χ1) is 20.5. The Labute approximate surface area is 260 Å². The van der Waals surface area contributed by atoms with Crippen LogP contribution < -0.4 is 5.32 Å². The molecule has 1 heterocycles. The summed E-state index contributed by atoms with van der Waals surface area (Å²) in [5.74, 6) is -2.08. The molecule has 2 atom stereocenters. The second kappa shape index (κ2) is 13.2. The number of nitrogens with one attached hydrogen (secondary N) is 1. The van der Waals surface area contributed by atoms with Crippen LogP contribution in [0, 0.1) is 5.92 Å². The minimum absolute atomic E-state index is 0.000356. The number of carbonyl (C=O) groups excluding carboxylic acids is 3. The minimum Gasteiger partial charge on any atom is -0.354 e. The lowest BCUT2D eigenvalue weighted by Crippen LogP contribution is -2.53. The zero-order valence-corrected chi connectivity index (χ0v) is 25.4. The molecule has 14 heteroatoms. The fourth-order valence-electron chi connectivity index (χ4n) is 6.14. The Morgan fingerprint density at radius 2 is 1.45 bits per heavy atom. The highest BCUT2D eigenvalue weighted by Crippen LogP contribution is 2.39. The van der Waals surface area contributed by atoms with Gasteiger partial charge in [0.1, 0.15) is 0 Å². The normalized spacial score (nSPS) is 22.8. The molecule has 0 aromatic heterocycles. The number of amides is 3. The van der Waals surface area contributed by atoms with Gasteiger partial charge in [0.25, 0.3) is 5.91 Å². The number of rotatable bonds is 5. The molecule has 0 unspecified atom stereocenters. The summed E-state index contributed by atoms with van der Waals surface area (Å²) < 4.78 is 80.9. The zero-order chi connectivity index (χ0) is 32.6. The molecule has 1 saturated heterocycles. The van der Waals surface area contributed by atoms with Gasteiger partial charge in [-0.2, -0.15) is 26.3 Å². The minimum atomic E-state index is -5.11. The lowest BCUT2D eigenvalue weighted by atomic mass is 9.82. The quantitative estimate of drug-likeness (QED) is 0.344. The fraction of sp³-hybridized carbons (Fsp3) is 0.500. The maximum atomic E-state index is 13.6. The molecule has 3 amide bonds. The molecule has 2 aromatic rings. The highest BCUT2D eigenvalue weighted by Gasteiger charge is 2.41. The number of alkyl halides is 6. The van der Waals surface area contributed by atoms with Crippen LogP contribution in [-0.4, -0.2) is 59.7 Å². The van der Waals surface area contributed by atoms with Crippen LogP contribution in [-0.2, 0) is 21.9 Å². The highest BCUT2D eigenvalue weighted by molar-refractivity contribution is 6.42. The van der Waals surface area contributed by atoms with Crippen molar-refractivity contribution in [2.45, 2.75) is 69.4 Å². The molecule has 2 aliphatic rings. The maximum absolute atomic E-state index is 13.6. The summed E-state index contributed by atoms with van der Waals surface area (Å²) >= 11 is 12.4. The highest BCUT2D eigenvalue weighted by atomic mass is 35.5. The Hall–Kier alpha value is -2.99. The molecule has 2 fully saturated rings. The molecule has 0 spiro atoms. The van der Waals surface area contributed by atoms with Crippen LogP contribution in [0.2, 0.25) is 10.0 Å². The molecule has 6 nitrogen and oxygen atoms in total. The number of halogens is 8. The van der Waals surface area contributed by atoms with E-state index >= 15 is 0 Å². The van der Waals surface area contributed by atoms with Crippen molar-refractivity contribution in [3.05, 3.63) is 68.7 Å². The molecule has 1 aliphatic carbocycles. The number of hydrogen-bond acceptors (Lipinski definition) is 3. The van der Waals surface area contributed by atoms with Crippen LogP contribution in [0.4, 0.5) is 26.3 Å². The van der Waals surface area contributed by atoms with Crippen molar-refractivity contribution in [2.24, 2.45) is 5.92 Å².